The van der Waals surface area contributed by atoms with Crippen LogP contribution in [0.15, 0.2) is 70.8 Å². The normalized spacial score (nSPS) is 14.1. The lowest BCUT2D eigenvalue weighted by Gasteiger charge is -2.13. The number of pyridine rings is 4. The summed E-state index contributed by atoms with van der Waals surface area (Å²) in [6.45, 7) is 1.59. The number of H-pyrrole nitrogens is 1. The molecule has 5 rings (SSSR count). The number of hydrogen-bond acceptors (Lipinski definition) is 6. The molecule has 1 fully saturated rings. The standard InChI is InChI=1S/C12H12N2O3.C8H6N2O/c15-11-2-1-9-7-13-4-3-10(9)14(11)8-12-16-5-6-17-12;11-8-2-1-6-5-9-4-3-7(6)10-8/h1-4,7,12H,5-6,8H2;1-5H,(H,10,11). The smallest absolute Gasteiger partial charge is 0.251 e. The van der Waals surface area contributed by atoms with E-state index in [1.54, 1.807) is 53.6 Å². The Hall–Kier alpha value is -3.36. The Morgan fingerprint density at radius 2 is 1.64 bits per heavy atom. The molecule has 1 aliphatic heterocycles. The van der Waals surface area contributed by atoms with E-state index in [0.29, 0.717) is 19.8 Å². The van der Waals surface area contributed by atoms with Crippen molar-refractivity contribution in [2.24, 2.45) is 0 Å². The summed E-state index contributed by atoms with van der Waals surface area (Å²) in [6.07, 6.45) is 6.45. The third kappa shape index (κ3) is 3.98. The van der Waals surface area contributed by atoms with Gasteiger partial charge < -0.3 is 19.0 Å². The van der Waals surface area contributed by atoms with Crippen LogP contribution >= 0.6 is 0 Å². The van der Waals surface area contributed by atoms with Crippen molar-refractivity contribution in [1.82, 2.24) is 19.5 Å². The molecule has 4 aromatic rings. The van der Waals surface area contributed by atoms with Gasteiger partial charge in [0, 0.05) is 47.7 Å². The van der Waals surface area contributed by atoms with Crippen LogP contribution in [-0.2, 0) is 16.0 Å². The summed E-state index contributed by atoms with van der Waals surface area (Å²) in [4.78, 5) is 33.3. The molecule has 0 amide bonds. The van der Waals surface area contributed by atoms with Crippen LogP contribution in [0.5, 0.6) is 0 Å². The van der Waals surface area contributed by atoms with E-state index in [4.69, 9.17) is 9.47 Å². The highest BCUT2D eigenvalue weighted by atomic mass is 16.7. The first-order valence-corrected chi connectivity index (χ1v) is 8.80. The number of nitrogens with zero attached hydrogens (tertiary/aromatic N) is 3. The molecule has 0 bridgehead atoms. The topological polar surface area (TPSA) is 99.1 Å². The zero-order valence-corrected chi connectivity index (χ0v) is 14.9. The largest absolute Gasteiger partial charge is 0.348 e. The second kappa shape index (κ2) is 8.12. The Kier molecular flexibility index (Phi) is 5.22. The fraction of sp³-hybridized carbons (Fsp3) is 0.200. The Bertz CT molecular complexity index is 1210. The molecular weight excluding hydrogens is 360 g/mol. The lowest BCUT2D eigenvalue weighted by atomic mass is 10.2. The van der Waals surface area contributed by atoms with E-state index >= 15 is 0 Å². The van der Waals surface area contributed by atoms with E-state index in [2.05, 4.69) is 15.0 Å². The predicted molar refractivity (Wildman–Crippen MR) is 104 cm³/mol. The van der Waals surface area contributed by atoms with Crippen LogP contribution in [0, 0.1) is 0 Å². The second-order valence-electron chi connectivity index (χ2n) is 6.17. The summed E-state index contributed by atoms with van der Waals surface area (Å²) in [6, 6.07) is 10.2. The quantitative estimate of drug-likeness (QED) is 0.570. The average Bonchev–Trinajstić information content (AvgIpc) is 3.24. The Morgan fingerprint density at radius 3 is 2.46 bits per heavy atom. The van der Waals surface area contributed by atoms with Crippen LogP contribution in [0.1, 0.15) is 0 Å². The van der Waals surface area contributed by atoms with Gasteiger partial charge in [0.25, 0.3) is 5.56 Å². The summed E-state index contributed by atoms with van der Waals surface area (Å²) in [5.74, 6) is 0. The van der Waals surface area contributed by atoms with Gasteiger partial charge in [0.2, 0.25) is 5.56 Å². The van der Waals surface area contributed by atoms with E-state index in [1.165, 1.54) is 6.07 Å². The molecule has 142 valence electrons. The third-order valence-corrected chi connectivity index (χ3v) is 4.34. The maximum atomic E-state index is 11.9. The first kappa shape index (κ1) is 18.0. The molecule has 1 N–H and O–H groups in total. The first-order chi connectivity index (χ1) is 13.7. The molecule has 0 spiro atoms. The van der Waals surface area contributed by atoms with Crippen molar-refractivity contribution in [1.29, 1.82) is 0 Å². The minimum Gasteiger partial charge on any atom is -0.348 e. The molecule has 1 aliphatic rings. The number of rotatable bonds is 2. The third-order valence-electron chi connectivity index (χ3n) is 4.34. The number of ether oxygens (including phenoxy) is 2. The highest BCUT2D eigenvalue weighted by Crippen LogP contribution is 2.12. The van der Waals surface area contributed by atoms with E-state index in [0.717, 1.165) is 21.8 Å². The van der Waals surface area contributed by atoms with Crippen LogP contribution in [0.3, 0.4) is 0 Å². The average molecular weight is 378 g/mol. The van der Waals surface area contributed by atoms with Gasteiger partial charge in [-0.15, -0.1) is 0 Å². The van der Waals surface area contributed by atoms with Gasteiger partial charge in [-0.2, -0.15) is 0 Å². The first-order valence-electron chi connectivity index (χ1n) is 8.80. The number of hydrogen-bond donors (Lipinski definition) is 1. The Balaban J connectivity index is 0.000000151. The van der Waals surface area contributed by atoms with Crippen molar-refractivity contribution in [2.75, 3.05) is 13.2 Å². The van der Waals surface area contributed by atoms with Gasteiger partial charge in [-0.1, -0.05) is 0 Å². The lowest BCUT2D eigenvalue weighted by molar-refractivity contribution is -0.0522. The van der Waals surface area contributed by atoms with Crippen LogP contribution < -0.4 is 11.1 Å². The lowest BCUT2D eigenvalue weighted by Crippen LogP contribution is -2.26. The van der Waals surface area contributed by atoms with Gasteiger partial charge in [0.05, 0.1) is 30.8 Å². The number of aromatic nitrogens is 4. The van der Waals surface area contributed by atoms with Crippen LogP contribution in [0.25, 0.3) is 21.8 Å². The molecule has 4 aromatic heterocycles. The summed E-state index contributed by atoms with van der Waals surface area (Å²) in [5.41, 5.74) is 1.55. The van der Waals surface area contributed by atoms with Gasteiger partial charge in [-0.3, -0.25) is 19.6 Å². The maximum absolute atomic E-state index is 11.9. The molecule has 28 heavy (non-hydrogen) atoms. The van der Waals surface area contributed by atoms with Crippen LogP contribution in [0.2, 0.25) is 0 Å². The minimum atomic E-state index is -0.327. The molecule has 1 saturated heterocycles. The van der Waals surface area contributed by atoms with Crippen LogP contribution in [0.4, 0.5) is 0 Å². The summed E-state index contributed by atoms with van der Waals surface area (Å²) < 4.78 is 12.4. The van der Waals surface area contributed by atoms with Crippen molar-refractivity contribution < 1.29 is 9.47 Å². The molecule has 8 nitrogen and oxygen atoms in total. The van der Waals surface area contributed by atoms with Crippen molar-refractivity contribution in [3.8, 4) is 0 Å². The number of fused-ring (bicyclic) bond motifs is 2. The fourth-order valence-corrected chi connectivity index (χ4v) is 2.99. The highest BCUT2D eigenvalue weighted by Gasteiger charge is 2.17. The Morgan fingerprint density at radius 1 is 0.929 bits per heavy atom. The predicted octanol–water partition coefficient (Wildman–Crippen LogP) is 1.69. The fourth-order valence-electron chi connectivity index (χ4n) is 2.99. The van der Waals surface area contributed by atoms with E-state index in [1.807, 2.05) is 6.07 Å². The van der Waals surface area contributed by atoms with Gasteiger partial charge in [-0.25, -0.2) is 0 Å². The van der Waals surface area contributed by atoms with Crippen LogP contribution in [-0.4, -0.2) is 39.0 Å². The number of nitrogens with one attached hydrogen (secondary N) is 1. The van der Waals surface area contributed by atoms with Gasteiger partial charge >= 0.3 is 0 Å². The molecule has 0 radical (unpaired) electrons. The molecule has 5 heterocycles. The van der Waals surface area contributed by atoms with Crippen molar-refractivity contribution in [3.05, 3.63) is 81.9 Å². The Labute approximate surface area is 159 Å². The van der Waals surface area contributed by atoms with Crippen molar-refractivity contribution in [3.63, 3.8) is 0 Å². The summed E-state index contributed by atoms with van der Waals surface area (Å²) in [7, 11) is 0. The summed E-state index contributed by atoms with van der Waals surface area (Å²) in [5, 5.41) is 1.89. The van der Waals surface area contributed by atoms with Gasteiger partial charge in [-0.05, 0) is 24.3 Å². The van der Waals surface area contributed by atoms with E-state index < -0.39 is 0 Å². The monoisotopic (exact) mass is 378 g/mol. The minimum absolute atomic E-state index is 0.0530. The maximum Gasteiger partial charge on any atom is 0.251 e. The van der Waals surface area contributed by atoms with E-state index in [-0.39, 0.29) is 17.4 Å². The van der Waals surface area contributed by atoms with Crippen molar-refractivity contribution >= 4 is 21.8 Å². The van der Waals surface area contributed by atoms with Gasteiger partial charge in [0.1, 0.15) is 0 Å². The molecule has 0 aliphatic carbocycles. The molecule has 0 aromatic carbocycles. The second-order valence-corrected chi connectivity index (χ2v) is 6.17. The molecule has 0 unspecified atom stereocenters. The molecule has 0 atom stereocenters. The van der Waals surface area contributed by atoms with Crippen molar-refractivity contribution in [2.45, 2.75) is 12.8 Å². The zero-order chi connectivity index (χ0) is 19.3. The SMILES string of the molecule is O=c1ccc2cnccc2[nH]1.O=c1ccc2cnccc2n1CC1OCCO1. The highest BCUT2D eigenvalue weighted by molar-refractivity contribution is 5.77. The molecule has 8 heteroatoms. The van der Waals surface area contributed by atoms with Gasteiger partial charge in [0.15, 0.2) is 6.29 Å². The molecular formula is C20H18N4O4. The zero-order valence-electron chi connectivity index (χ0n) is 14.9. The summed E-state index contributed by atoms with van der Waals surface area (Å²) >= 11 is 0. The number of aromatic amines is 1. The van der Waals surface area contributed by atoms with E-state index in [9.17, 15) is 9.59 Å². The molecule has 0 saturated carbocycles.